The lowest BCUT2D eigenvalue weighted by Gasteiger charge is -2.16. The van der Waals surface area contributed by atoms with Gasteiger partial charge in [-0.3, -0.25) is 14.9 Å². The number of hydrogen-bond donors (Lipinski definition) is 0. The molecule has 0 saturated carbocycles. The Bertz CT molecular complexity index is 768. The second-order valence-electron chi connectivity index (χ2n) is 5.03. The van der Waals surface area contributed by atoms with Crippen LogP contribution in [-0.4, -0.2) is 22.6 Å². The van der Waals surface area contributed by atoms with E-state index < -0.39 is 4.92 Å². The summed E-state index contributed by atoms with van der Waals surface area (Å²) in [5, 5.41) is 22.6. The molecule has 1 aliphatic heterocycles. The topological polar surface area (TPSA) is 90.4 Å². The van der Waals surface area contributed by atoms with Crippen molar-refractivity contribution in [2.24, 2.45) is 0 Å². The van der Waals surface area contributed by atoms with Gasteiger partial charge in [0.25, 0.3) is 10.7 Å². The van der Waals surface area contributed by atoms with Crippen LogP contribution in [0.25, 0.3) is 0 Å². The first-order valence-corrected chi connectivity index (χ1v) is 7.85. The van der Waals surface area contributed by atoms with Gasteiger partial charge in [0.15, 0.2) is 6.20 Å². The van der Waals surface area contributed by atoms with Gasteiger partial charge in [0.05, 0.1) is 15.9 Å². The number of carbonyl (C=O) groups excluding carboxylic acids is 1. The average Bonchev–Trinajstić information content (AvgIpc) is 2.91. The predicted octanol–water partition coefficient (Wildman–Crippen LogP) is 2.13. The second kappa shape index (κ2) is 6.25. The molecule has 1 aromatic heterocycles. The summed E-state index contributed by atoms with van der Waals surface area (Å²) in [6.45, 7) is 0.476. The number of hydrogen-bond acceptors (Lipinski definition) is 5. The predicted molar refractivity (Wildman–Crippen MR) is 85.1 cm³/mol. The molecule has 1 aliphatic rings. The van der Waals surface area contributed by atoms with Gasteiger partial charge in [-0.05, 0) is 30.3 Å². The summed E-state index contributed by atoms with van der Waals surface area (Å²) < 4.78 is 0.730. The van der Waals surface area contributed by atoms with E-state index in [2.05, 4.69) is 0 Å². The third-order valence-electron chi connectivity index (χ3n) is 3.56. The van der Waals surface area contributed by atoms with E-state index in [1.165, 1.54) is 35.0 Å². The Labute approximate surface area is 136 Å². The monoisotopic (exact) mass is 331 g/mol. The Morgan fingerprint density at radius 2 is 2.09 bits per heavy atom. The molecule has 8 heteroatoms. The van der Waals surface area contributed by atoms with Gasteiger partial charge in [-0.1, -0.05) is 6.07 Å². The Hall–Kier alpha value is -2.61. The molecule has 0 aliphatic carbocycles. The molecule has 1 unspecified atom stereocenters. The fraction of sp³-hybridized carbons (Fsp3) is 0.200. The number of benzene rings is 1. The minimum absolute atomic E-state index is 0.0492. The summed E-state index contributed by atoms with van der Waals surface area (Å²) in [6.07, 6.45) is 1.97. The first-order valence-electron chi connectivity index (χ1n) is 6.97. The molecule has 0 bridgehead atoms. The molecule has 1 aromatic carbocycles. The van der Waals surface area contributed by atoms with Gasteiger partial charge in [-0.15, -0.1) is 0 Å². The largest absolute Gasteiger partial charge is 0.618 e. The maximum absolute atomic E-state index is 12.5. The number of anilines is 1. The number of nitro groups is 1. The van der Waals surface area contributed by atoms with Gasteiger partial charge in [0, 0.05) is 30.8 Å². The molecular formula is C15H13N3O4S. The smallest absolute Gasteiger partial charge is 0.271 e. The lowest BCUT2D eigenvalue weighted by atomic mass is 10.2. The summed E-state index contributed by atoms with van der Waals surface area (Å²) in [5.74, 6) is -0.139. The van der Waals surface area contributed by atoms with Crippen molar-refractivity contribution in [1.29, 1.82) is 0 Å². The number of thioether (sulfide) groups is 1. The van der Waals surface area contributed by atoms with Crippen LogP contribution in [-0.2, 0) is 4.79 Å². The Morgan fingerprint density at radius 3 is 2.83 bits per heavy atom. The highest BCUT2D eigenvalue weighted by Crippen LogP contribution is 2.32. The summed E-state index contributed by atoms with van der Waals surface area (Å²) in [5.41, 5.74) is 0.460. The van der Waals surface area contributed by atoms with Gasteiger partial charge in [-0.2, -0.15) is 4.73 Å². The molecule has 1 saturated heterocycles. The molecule has 1 amide bonds. The second-order valence-corrected chi connectivity index (χ2v) is 6.25. The lowest BCUT2D eigenvalue weighted by Crippen LogP contribution is -2.31. The van der Waals surface area contributed by atoms with Crippen molar-refractivity contribution in [3.05, 3.63) is 64.0 Å². The standard InChI is InChI=1S/C15H13N3O4S/c19-15-13(23-14-6-1-2-8-17(14)20)7-9-16(15)11-4-3-5-12(10-11)18(21)22/h1-6,8,10,13H,7,9H2. The number of non-ortho nitro benzene ring substituents is 1. The SMILES string of the molecule is O=C1C(Sc2cccc[n+]2[O-])CCN1c1cccc([N+](=O)[O-])c1. The van der Waals surface area contributed by atoms with Crippen LogP contribution in [0.4, 0.5) is 11.4 Å². The molecule has 0 N–H and O–H groups in total. The van der Waals surface area contributed by atoms with Gasteiger partial charge >= 0.3 is 0 Å². The van der Waals surface area contributed by atoms with Gasteiger partial charge in [0.2, 0.25) is 5.91 Å². The zero-order valence-corrected chi connectivity index (χ0v) is 12.8. The lowest BCUT2D eigenvalue weighted by molar-refractivity contribution is -0.645. The van der Waals surface area contributed by atoms with E-state index in [-0.39, 0.29) is 16.8 Å². The number of rotatable bonds is 4. The molecular weight excluding hydrogens is 318 g/mol. The molecule has 2 aromatic rings. The van der Waals surface area contributed by atoms with Crippen LogP contribution >= 0.6 is 11.8 Å². The average molecular weight is 331 g/mol. The molecule has 1 atom stereocenters. The van der Waals surface area contributed by atoms with E-state index in [0.29, 0.717) is 23.7 Å². The van der Waals surface area contributed by atoms with E-state index in [4.69, 9.17) is 0 Å². The van der Waals surface area contributed by atoms with Crippen LogP contribution in [0.2, 0.25) is 0 Å². The fourth-order valence-electron chi connectivity index (χ4n) is 2.44. The molecule has 3 rings (SSSR count). The van der Waals surface area contributed by atoms with Crippen LogP contribution in [0.15, 0.2) is 53.7 Å². The number of pyridine rings is 1. The number of carbonyl (C=O) groups is 1. The quantitative estimate of drug-likeness (QED) is 0.370. The van der Waals surface area contributed by atoms with E-state index in [0.717, 1.165) is 4.73 Å². The van der Waals surface area contributed by atoms with Crippen LogP contribution in [0, 0.1) is 15.3 Å². The minimum Gasteiger partial charge on any atom is -0.618 e. The molecule has 118 valence electrons. The highest BCUT2D eigenvalue weighted by atomic mass is 32.2. The Morgan fingerprint density at radius 1 is 1.26 bits per heavy atom. The highest BCUT2D eigenvalue weighted by molar-refractivity contribution is 8.00. The van der Waals surface area contributed by atoms with E-state index >= 15 is 0 Å². The number of aromatic nitrogens is 1. The molecule has 1 fully saturated rings. The number of nitrogens with zero attached hydrogens (tertiary/aromatic N) is 3. The zero-order chi connectivity index (χ0) is 16.4. The first-order chi connectivity index (χ1) is 11.1. The molecule has 0 radical (unpaired) electrons. The van der Waals surface area contributed by atoms with Crippen molar-refractivity contribution in [3.8, 4) is 0 Å². The van der Waals surface area contributed by atoms with Gasteiger partial charge < -0.3 is 10.1 Å². The maximum Gasteiger partial charge on any atom is 0.271 e. The number of amides is 1. The third-order valence-corrected chi connectivity index (χ3v) is 4.84. The molecule has 7 nitrogen and oxygen atoms in total. The maximum atomic E-state index is 12.5. The Balaban J connectivity index is 1.78. The van der Waals surface area contributed by atoms with Crippen molar-refractivity contribution in [1.82, 2.24) is 0 Å². The van der Waals surface area contributed by atoms with Gasteiger partial charge in [-0.25, -0.2) is 0 Å². The van der Waals surface area contributed by atoms with Crippen molar-refractivity contribution < 1.29 is 14.4 Å². The van der Waals surface area contributed by atoms with Crippen LogP contribution in [0.5, 0.6) is 0 Å². The van der Waals surface area contributed by atoms with Crippen LogP contribution < -0.4 is 9.63 Å². The molecule has 2 heterocycles. The summed E-state index contributed by atoms with van der Waals surface area (Å²) in [6, 6.07) is 11.1. The van der Waals surface area contributed by atoms with Crippen LogP contribution in [0.3, 0.4) is 0 Å². The molecule has 23 heavy (non-hydrogen) atoms. The van der Waals surface area contributed by atoms with Crippen molar-refractivity contribution in [2.75, 3.05) is 11.4 Å². The summed E-state index contributed by atoms with van der Waals surface area (Å²) >= 11 is 1.22. The van der Waals surface area contributed by atoms with Gasteiger partial charge in [0.1, 0.15) is 0 Å². The van der Waals surface area contributed by atoms with E-state index in [9.17, 15) is 20.1 Å². The first kappa shape index (κ1) is 15.3. The van der Waals surface area contributed by atoms with Crippen LogP contribution in [0.1, 0.15) is 6.42 Å². The normalized spacial score (nSPS) is 17.5. The molecule has 0 spiro atoms. The zero-order valence-electron chi connectivity index (χ0n) is 12.0. The number of nitro benzene ring substituents is 1. The summed E-state index contributed by atoms with van der Waals surface area (Å²) in [7, 11) is 0. The van der Waals surface area contributed by atoms with Crippen molar-refractivity contribution in [3.63, 3.8) is 0 Å². The minimum atomic E-state index is -0.486. The highest BCUT2D eigenvalue weighted by Gasteiger charge is 2.35. The summed E-state index contributed by atoms with van der Waals surface area (Å²) in [4.78, 5) is 24.4. The third kappa shape index (κ3) is 3.11. The van der Waals surface area contributed by atoms with E-state index in [1.807, 2.05) is 0 Å². The van der Waals surface area contributed by atoms with Crippen molar-refractivity contribution >= 4 is 29.0 Å². The fourth-order valence-corrected chi connectivity index (χ4v) is 3.51. The Kier molecular flexibility index (Phi) is 4.16. The van der Waals surface area contributed by atoms with E-state index in [1.54, 1.807) is 30.3 Å². The van der Waals surface area contributed by atoms with Crippen molar-refractivity contribution in [2.45, 2.75) is 16.7 Å².